The number of rotatable bonds is 3. The summed E-state index contributed by atoms with van der Waals surface area (Å²) < 4.78 is 1.26. The Morgan fingerprint density at radius 3 is 1.49 bits per heavy atom. The summed E-state index contributed by atoms with van der Waals surface area (Å²) in [6, 6.07) is 52.3. The highest BCUT2D eigenvalue weighted by Crippen LogP contribution is 2.44. The van der Waals surface area contributed by atoms with Crippen LogP contribution in [0.3, 0.4) is 0 Å². The van der Waals surface area contributed by atoms with Crippen molar-refractivity contribution in [1.29, 1.82) is 0 Å². The average molecular weight is 679 g/mol. The van der Waals surface area contributed by atoms with E-state index in [0.29, 0.717) is 0 Å². The molecule has 0 heterocycles. The zero-order valence-corrected chi connectivity index (χ0v) is 25.7. The molecule has 0 aliphatic heterocycles. The summed E-state index contributed by atoms with van der Waals surface area (Å²) >= 11 is 14.6. The number of benzene rings is 7. The van der Waals surface area contributed by atoms with Crippen molar-refractivity contribution in [1.82, 2.24) is 0 Å². The van der Waals surface area contributed by atoms with Crippen LogP contribution in [0.25, 0.3) is 54.9 Å². The molecule has 0 fully saturated rings. The Labute approximate surface area is 264 Å². The fourth-order valence-electron chi connectivity index (χ4n) is 5.30. The van der Waals surface area contributed by atoms with Gasteiger partial charge >= 0.3 is 0 Å². The van der Waals surface area contributed by atoms with Gasteiger partial charge in [0.2, 0.25) is 0 Å². The minimum absolute atomic E-state index is 0.758. The van der Waals surface area contributed by atoms with E-state index < -0.39 is 0 Å². The summed E-state index contributed by atoms with van der Waals surface area (Å²) in [5.41, 5.74) is 7.37. The van der Waals surface area contributed by atoms with E-state index >= 15 is 0 Å². The molecular weight excluding hydrogens is 654 g/mol. The lowest BCUT2D eigenvalue weighted by Crippen LogP contribution is -1.91. The normalized spacial score (nSPS) is 10.8. The zero-order valence-electron chi connectivity index (χ0n) is 22.1. The molecule has 0 aromatic heterocycles. The maximum absolute atomic E-state index is 6.43. The molecule has 198 valence electrons. The third-order valence-corrected chi connectivity index (χ3v) is 8.57. The van der Waals surface area contributed by atoms with Crippen molar-refractivity contribution in [3.63, 3.8) is 0 Å². The van der Waals surface area contributed by atoms with Gasteiger partial charge in [-0.1, -0.05) is 145 Å². The van der Waals surface area contributed by atoms with E-state index in [0.717, 1.165) is 10.0 Å². The molecule has 0 bridgehead atoms. The largest absolute Gasteiger partial charge is 0.0843 e. The molecule has 0 N–H and O–H groups in total. The summed E-state index contributed by atoms with van der Waals surface area (Å²) in [5, 5.41) is 6.47. The van der Waals surface area contributed by atoms with Gasteiger partial charge in [-0.15, -0.1) is 0 Å². The van der Waals surface area contributed by atoms with Gasteiger partial charge in [0.1, 0.15) is 0 Å². The van der Waals surface area contributed by atoms with Crippen LogP contribution in [0.1, 0.15) is 0 Å². The van der Waals surface area contributed by atoms with Gasteiger partial charge in [0.05, 0.1) is 0 Å². The zero-order chi connectivity index (χ0) is 28.2. The predicted octanol–water partition coefficient (Wildman–Crippen LogP) is 12.6. The summed E-state index contributed by atoms with van der Waals surface area (Å²) in [6.45, 7) is 0. The van der Waals surface area contributed by atoms with E-state index in [1.165, 1.54) is 58.5 Å². The average Bonchev–Trinajstić information content (AvgIpc) is 3.02. The lowest BCUT2D eigenvalue weighted by molar-refractivity contribution is 1.58. The fraction of sp³-hybridized carbons (Fsp3) is 0. The van der Waals surface area contributed by atoms with Crippen LogP contribution >= 0.6 is 45.8 Å². The quantitative estimate of drug-likeness (QED) is 0.129. The number of hydrogen-bond donors (Lipinski definition) is 0. The van der Waals surface area contributed by atoms with E-state index in [9.17, 15) is 0 Å². The molecule has 0 radical (unpaired) electrons. The highest BCUT2D eigenvalue weighted by molar-refractivity contribution is 14.1. The number of hydrogen-bond acceptors (Lipinski definition) is 0. The Morgan fingerprint density at radius 2 is 0.854 bits per heavy atom. The minimum Gasteiger partial charge on any atom is -0.0843 e. The Morgan fingerprint density at radius 1 is 0.366 bits per heavy atom. The van der Waals surface area contributed by atoms with E-state index in [1.54, 1.807) is 0 Å². The SMILES string of the molecule is Clc1ccc(-c2ccccc2I)cc1.Clc1ccc2c(c1)c(-c1ccccc1)c(-c1ccccc1)c1ccccc12. The first-order valence-electron chi connectivity index (χ1n) is 13.4. The first-order valence-corrected chi connectivity index (χ1v) is 15.2. The van der Waals surface area contributed by atoms with Gasteiger partial charge in [0, 0.05) is 13.6 Å². The molecule has 0 saturated heterocycles. The van der Waals surface area contributed by atoms with Crippen LogP contribution in [0.5, 0.6) is 0 Å². The van der Waals surface area contributed by atoms with Crippen LogP contribution in [0.2, 0.25) is 10.0 Å². The van der Waals surface area contributed by atoms with Crippen LogP contribution in [-0.2, 0) is 0 Å². The second-order valence-corrected chi connectivity index (χ2v) is 11.7. The summed E-state index contributed by atoms with van der Waals surface area (Å²) in [5.74, 6) is 0. The van der Waals surface area contributed by atoms with Crippen LogP contribution in [0, 0.1) is 3.57 Å². The minimum atomic E-state index is 0.758. The maximum atomic E-state index is 6.43. The summed E-state index contributed by atoms with van der Waals surface area (Å²) in [6.07, 6.45) is 0. The lowest BCUT2D eigenvalue weighted by Gasteiger charge is -2.18. The molecule has 0 amide bonds. The van der Waals surface area contributed by atoms with Gasteiger partial charge in [0.15, 0.2) is 0 Å². The van der Waals surface area contributed by atoms with Gasteiger partial charge in [-0.25, -0.2) is 0 Å². The Kier molecular flexibility index (Phi) is 8.38. The highest BCUT2D eigenvalue weighted by atomic mass is 127. The van der Waals surface area contributed by atoms with Crippen molar-refractivity contribution < 1.29 is 0 Å². The molecule has 0 unspecified atom stereocenters. The Hall–Kier alpha value is -3.63. The van der Waals surface area contributed by atoms with Gasteiger partial charge in [0.25, 0.3) is 0 Å². The van der Waals surface area contributed by atoms with Crippen LogP contribution in [0.4, 0.5) is 0 Å². The molecule has 3 heteroatoms. The number of fused-ring (bicyclic) bond motifs is 3. The fourth-order valence-corrected chi connectivity index (χ4v) is 6.29. The lowest BCUT2D eigenvalue weighted by atomic mass is 9.85. The maximum Gasteiger partial charge on any atom is 0.0412 e. The van der Waals surface area contributed by atoms with Gasteiger partial charge in [-0.05, 0) is 108 Å². The van der Waals surface area contributed by atoms with E-state index in [-0.39, 0.29) is 0 Å². The standard InChI is InChI=1S/C26H17Cl.C12H8ClI/c27-20-15-16-22-21-13-7-8-14-23(21)25(18-9-3-1-4-10-18)26(24(22)17-20)19-11-5-2-6-12-19;13-10-7-5-9(6-8-10)11-3-1-2-4-12(11)14/h1-17H;1-8H. The van der Waals surface area contributed by atoms with Crippen LogP contribution < -0.4 is 0 Å². The molecule has 7 aromatic rings. The van der Waals surface area contributed by atoms with Crippen molar-refractivity contribution in [2.45, 2.75) is 0 Å². The monoisotopic (exact) mass is 678 g/mol. The Bertz CT molecular complexity index is 1950. The van der Waals surface area contributed by atoms with E-state index in [1.807, 2.05) is 42.5 Å². The van der Waals surface area contributed by atoms with Crippen LogP contribution in [-0.4, -0.2) is 0 Å². The van der Waals surface area contributed by atoms with Crippen molar-refractivity contribution in [2.75, 3.05) is 0 Å². The third kappa shape index (κ3) is 5.90. The van der Waals surface area contributed by atoms with E-state index in [4.69, 9.17) is 23.2 Å². The molecule has 7 aromatic carbocycles. The topological polar surface area (TPSA) is 0 Å². The molecule has 41 heavy (non-hydrogen) atoms. The smallest absolute Gasteiger partial charge is 0.0412 e. The third-order valence-electron chi connectivity index (χ3n) is 7.14. The number of halogens is 3. The molecule has 7 rings (SSSR count). The molecule has 0 saturated carbocycles. The van der Waals surface area contributed by atoms with Crippen molar-refractivity contribution in [2.24, 2.45) is 0 Å². The Balaban J connectivity index is 0.000000182. The molecule has 0 spiro atoms. The van der Waals surface area contributed by atoms with Crippen LogP contribution in [0.15, 0.2) is 152 Å². The predicted molar refractivity (Wildman–Crippen MR) is 187 cm³/mol. The van der Waals surface area contributed by atoms with Crippen molar-refractivity contribution in [3.05, 3.63) is 165 Å². The van der Waals surface area contributed by atoms with Crippen molar-refractivity contribution >= 4 is 67.3 Å². The highest BCUT2D eigenvalue weighted by Gasteiger charge is 2.17. The molecule has 0 aliphatic rings. The summed E-state index contributed by atoms with van der Waals surface area (Å²) in [4.78, 5) is 0. The molecular formula is C38H25Cl2I. The van der Waals surface area contributed by atoms with Gasteiger partial charge in [-0.2, -0.15) is 0 Å². The second kappa shape index (κ2) is 12.5. The van der Waals surface area contributed by atoms with E-state index in [2.05, 4.69) is 132 Å². The second-order valence-electron chi connectivity index (χ2n) is 9.70. The first-order chi connectivity index (χ1) is 20.1. The van der Waals surface area contributed by atoms with Gasteiger partial charge in [-0.3, -0.25) is 0 Å². The summed E-state index contributed by atoms with van der Waals surface area (Å²) in [7, 11) is 0. The first kappa shape index (κ1) is 27.5. The molecule has 0 aliphatic carbocycles. The van der Waals surface area contributed by atoms with Crippen molar-refractivity contribution in [3.8, 4) is 33.4 Å². The van der Waals surface area contributed by atoms with Gasteiger partial charge < -0.3 is 0 Å². The molecule has 0 nitrogen and oxygen atoms in total. The molecule has 0 atom stereocenters.